The largest absolute Gasteiger partial charge is 0.376 e. The van der Waals surface area contributed by atoms with Gasteiger partial charge in [-0.15, -0.1) is 0 Å². The van der Waals surface area contributed by atoms with Crippen LogP contribution in [0.3, 0.4) is 0 Å². The Balaban J connectivity index is 1.29. The summed E-state index contributed by atoms with van der Waals surface area (Å²) in [5.74, 6) is 1.77. The van der Waals surface area contributed by atoms with Crippen LogP contribution in [0.2, 0.25) is 0 Å². The predicted octanol–water partition coefficient (Wildman–Crippen LogP) is 1.25. The summed E-state index contributed by atoms with van der Waals surface area (Å²) in [4.78, 5) is 39.5. The Morgan fingerprint density at radius 1 is 1.13 bits per heavy atom. The maximum absolute atomic E-state index is 12.9. The third kappa shape index (κ3) is 3.99. The van der Waals surface area contributed by atoms with Gasteiger partial charge in [-0.2, -0.15) is 0 Å². The van der Waals surface area contributed by atoms with E-state index in [1.54, 1.807) is 6.20 Å². The molecule has 0 unspecified atom stereocenters. The molecular weight excluding hydrogens is 382 g/mol. The lowest BCUT2D eigenvalue weighted by Gasteiger charge is -2.26. The highest BCUT2D eigenvalue weighted by atomic mass is 16.5. The normalized spacial score (nSPS) is 31.0. The molecule has 4 atom stereocenters. The van der Waals surface area contributed by atoms with Crippen molar-refractivity contribution in [2.45, 2.75) is 69.3 Å². The molecule has 1 N–H and O–H groups in total. The molecule has 3 heterocycles. The maximum Gasteiger partial charge on any atom is 0.225 e. The van der Waals surface area contributed by atoms with Gasteiger partial charge < -0.3 is 19.5 Å². The molecule has 4 aliphatic rings. The molecule has 1 aromatic heterocycles. The summed E-state index contributed by atoms with van der Waals surface area (Å²) in [6, 6.07) is 1.08. The number of rotatable bonds is 8. The molecule has 0 bridgehead atoms. The lowest BCUT2D eigenvalue weighted by atomic mass is 9.84. The van der Waals surface area contributed by atoms with Gasteiger partial charge >= 0.3 is 0 Å². The van der Waals surface area contributed by atoms with Gasteiger partial charge in [0.15, 0.2) is 0 Å². The molecule has 2 saturated carbocycles. The highest BCUT2D eigenvalue weighted by Gasteiger charge is 2.52. The lowest BCUT2D eigenvalue weighted by molar-refractivity contribution is -0.133. The van der Waals surface area contributed by atoms with Crippen LogP contribution in [0.5, 0.6) is 0 Å². The summed E-state index contributed by atoms with van der Waals surface area (Å²) in [5, 5.41) is 0. The number of hydrogen-bond donors (Lipinski definition) is 1. The first kappa shape index (κ1) is 20.0. The molecule has 164 valence electrons. The standard InChI is InChI=1S/C22H33N5O3/c1-25(15-3-4-15)20(28)9-14-11-27(12-19-23-7-8-24-19)17-13-30-18(22(14)17)10-21(29)26(2)16-5-6-16/h7-8,14-18,22H,3-6,9-13H2,1-2H3,(H,23,24)/t14-,17-,18+,22-/m1/s1. The van der Waals surface area contributed by atoms with Crippen LogP contribution in [0, 0.1) is 11.8 Å². The minimum absolute atomic E-state index is 0.102. The van der Waals surface area contributed by atoms with E-state index in [4.69, 9.17) is 4.74 Å². The van der Waals surface area contributed by atoms with Crippen molar-refractivity contribution in [1.82, 2.24) is 24.7 Å². The number of likely N-dealkylation sites (tertiary alicyclic amines) is 1. The highest BCUT2D eigenvalue weighted by molar-refractivity contribution is 5.78. The number of amides is 2. The zero-order valence-corrected chi connectivity index (χ0v) is 18.0. The van der Waals surface area contributed by atoms with Crippen molar-refractivity contribution in [3.05, 3.63) is 18.2 Å². The Kier molecular flexibility index (Phi) is 5.31. The van der Waals surface area contributed by atoms with Gasteiger partial charge in [0, 0.05) is 63.5 Å². The van der Waals surface area contributed by atoms with E-state index in [2.05, 4.69) is 14.9 Å². The van der Waals surface area contributed by atoms with Gasteiger partial charge in [0.05, 0.1) is 25.7 Å². The second kappa shape index (κ2) is 7.96. The summed E-state index contributed by atoms with van der Waals surface area (Å²) < 4.78 is 6.18. The average Bonchev–Trinajstić information content (AvgIpc) is 3.64. The number of nitrogens with zero attached hydrogens (tertiary/aromatic N) is 4. The molecule has 8 nitrogen and oxygen atoms in total. The van der Waals surface area contributed by atoms with Crippen LogP contribution in [-0.2, 0) is 20.9 Å². The lowest BCUT2D eigenvalue weighted by Crippen LogP contribution is -2.37. The molecule has 2 aliphatic heterocycles. The summed E-state index contributed by atoms with van der Waals surface area (Å²) >= 11 is 0. The maximum atomic E-state index is 12.9. The molecule has 2 aliphatic carbocycles. The van der Waals surface area contributed by atoms with Crippen LogP contribution < -0.4 is 0 Å². The van der Waals surface area contributed by atoms with Crippen LogP contribution in [-0.4, -0.2) is 88.0 Å². The third-order valence-electron chi connectivity index (χ3n) is 7.53. The van der Waals surface area contributed by atoms with Crippen molar-refractivity contribution < 1.29 is 14.3 Å². The van der Waals surface area contributed by atoms with Gasteiger partial charge in [0.25, 0.3) is 0 Å². The van der Waals surface area contributed by atoms with Gasteiger partial charge in [0.2, 0.25) is 11.8 Å². The van der Waals surface area contributed by atoms with E-state index >= 15 is 0 Å². The number of hydrogen-bond acceptors (Lipinski definition) is 5. The predicted molar refractivity (Wildman–Crippen MR) is 110 cm³/mol. The summed E-state index contributed by atoms with van der Waals surface area (Å²) in [6.45, 7) is 2.20. The molecule has 0 spiro atoms. The second-order valence-corrected chi connectivity index (χ2v) is 9.62. The number of carbonyl (C=O) groups is 2. The van der Waals surface area contributed by atoms with E-state index in [9.17, 15) is 9.59 Å². The van der Waals surface area contributed by atoms with E-state index in [0.29, 0.717) is 31.5 Å². The van der Waals surface area contributed by atoms with Crippen molar-refractivity contribution in [1.29, 1.82) is 0 Å². The van der Waals surface area contributed by atoms with Gasteiger partial charge in [-0.1, -0.05) is 0 Å². The van der Waals surface area contributed by atoms with Crippen molar-refractivity contribution in [3.8, 4) is 0 Å². The molecule has 2 saturated heterocycles. The SMILES string of the molecule is CN(C(=O)C[C@@H]1CN(Cc2ncc[nH]2)[C@@H]2CO[C@@H](CC(=O)N(C)C3CC3)[C@H]12)C1CC1. The Labute approximate surface area is 177 Å². The number of imidazole rings is 1. The van der Waals surface area contributed by atoms with Crippen LogP contribution in [0.1, 0.15) is 44.3 Å². The number of aromatic nitrogens is 2. The minimum atomic E-state index is -0.102. The summed E-state index contributed by atoms with van der Waals surface area (Å²) in [5.41, 5.74) is 0. The van der Waals surface area contributed by atoms with Crippen molar-refractivity contribution >= 4 is 11.8 Å². The number of aromatic amines is 1. The van der Waals surface area contributed by atoms with E-state index in [-0.39, 0.29) is 35.8 Å². The van der Waals surface area contributed by atoms with Gasteiger partial charge in [-0.05, 0) is 31.6 Å². The van der Waals surface area contributed by atoms with Crippen LogP contribution in [0.15, 0.2) is 12.4 Å². The molecular formula is C22H33N5O3. The van der Waals surface area contributed by atoms with Gasteiger partial charge in [-0.3, -0.25) is 14.5 Å². The fourth-order valence-electron chi connectivity index (χ4n) is 5.39. The van der Waals surface area contributed by atoms with Crippen molar-refractivity contribution in [3.63, 3.8) is 0 Å². The van der Waals surface area contributed by atoms with Crippen molar-refractivity contribution in [2.75, 3.05) is 27.2 Å². The van der Waals surface area contributed by atoms with E-state index in [1.807, 2.05) is 30.1 Å². The molecule has 5 rings (SSSR count). The first-order valence-electron chi connectivity index (χ1n) is 11.4. The topological polar surface area (TPSA) is 81.8 Å². The quantitative estimate of drug-likeness (QED) is 0.691. The van der Waals surface area contributed by atoms with Gasteiger partial charge in [0.1, 0.15) is 5.82 Å². The fourth-order valence-corrected chi connectivity index (χ4v) is 5.39. The monoisotopic (exact) mass is 415 g/mol. The first-order valence-corrected chi connectivity index (χ1v) is 11.4. The summed E-state index contributed by atoms with van der Waals surface area (Å²) in [7, 11) is 3.85. The summed E-state index contributed by atoms with van der Waals surface area (Å²) in [6.07, 6.45) is 8.94. The second-order valence-electron chi connectivity index (χ2n) is 9.62. The molecule has 0 aromatic carbocycles. The van der Waals surface area contributed by atoms with Crippen molar-refractivity contribution in [2.24, 2.45) is 11.8 Å². The Hall–Kier alpha value is -1.93. The molecule has 8 heteroatoms. The first-order chi connectivity index (χ1) is 14.5. The average molecular weight is 416 g/mol. The Morgan fingerprint density at radius 2 is 1.80 bits per heavy atom. The van der Waals surface area contributed by atoms with Crippen LogP contribution in [0.25, 0.3) is 0 Å². The zero-order chi connectivity index (χ0) is 20.8. The molecule has 4 fully saturated rings. The number of ether oxygens (including phenoxy) is 1. The Morgan fingerprint density at radius 3 is 2.40 bits per heavy atom. The van der Waals surface area contributed by atoms with Crippen LogP contribution in [0.4, 0.5) is 0 Å². The molecule has 2 amide bonds. The zero-order valence-electron chi connectivity index (χ0n) is 18.0. The minimum Gasteiger partial charge on any atom is -0.376 e. The smallest absolute Gasteiger partial charge is 0.225 e. The fraction of sp³-hybridized carbons (Fsp3) is 0.773. The molecule has 30 heavy (non-hydrogen) atoms. The number of nitrogens with one attached hydrogen (secondary N) is 1. The number of carbonyl (C=O) groups excluding carboxylic acids is 2. The molecule has 1 aromatic rings. The van der Waals surface area contributed by atoms with E-state index in [1.165, 1.54) is 0 Å². The van der Waals surface area contributed by atoms with E-state index in [0.717, 1.165) is 44.6 Å². The highest BCUT2D eigenvalue weighted by Crippen LogP contribution is 2.43. The Bertz CT molecular complexity index is 776. The number of fused-ring (bicyclic) bond motifs is 1. The van der Waals surface area contributed by atoms with Crippen LogP contribution >= 0.6 is 0 Å². The van der Waals surface area contributed by atoms with E-state index < -0.39 is 0 Å². The third-order valence-corrected chi connectivity index (χ3v) is 7.53. The van der Waals surface area contributed by atoms with Gasteiger partial charge in [-0.25, -0.2) is 4.98 Å². The number of H-pyrrole nitrogens is 1. The molecule has 0 radical (unpaired) electrons.